The van der Waals surface area contributed by atoms with Crippen molar-refractivity contribution in [3.05, 3.63) is 101 Å². The monoisotopic (exact) mass is 424 g/mol. The third kappa shape index (κ3) is 4.01. The van der Waals surface area contributed by atoms with Gasteiger partial charge in [0.2, 0.25) is 0 Å². The molecule has 0 fully saturated rings. The second-order valence-electron chi connectivity index (χ2n) is 9.42. The van der Waals surface area contributed by atoms with E-state index in [1.165, 1.54) is 22.5 Å². The van der Waals surface area contributed by atoms with E-state index in [2.05, 4.69) is 104 Å². The van der Waals surface area contributed by atoms with Gasteiger partial charge >= 0.3 is 0 Å². The summed E-state index contributed by atoms with van der Waals surface area (Å²) in [7, 11) is 0. The van der Waals surface area contributed by atoms with Crippen molar-refractivity contribution in [3.63, 3.8) is 0 Å². The van der Waals surface area contributed by atoms with Gasteiger partial charge in [-0.15, -0.1) is 0 Å². The van der Waals surface area contributed by atoms with Gasteiger partial charge in [-0.1, -0.05) is 101 Å². The van der Waals surface area contributed by atoms with Crippen molar-refractivity contribution in [1.29, 1.82) is 0 Å². The number of nitrogens with zero attached hydrogens (tertiary/aromatic N) is 2. The fraction of sp³-hybridized carbons (Fsp3) is 0.276. The number of rotatable bonds is 6. The summed E-state index contributed by atoms with van der Waals surface area (Å²) < 4.78 is 0. The molecule has 0 saturated carbocycles. The van der Waals surface area contributed by atoms with E-state index in [1.807, 2.05) is 24.4 Å². The third-order valence-corrected chi connectivity index (χ3v) is 6.38. The number of hydrogen-bond acceptors (Lipinski definition) is 3. The molecule has 2 aliphatic heterocycles. The van der Waals surface area contributed by atoms with Gasteiger partial charge in [-0.05, 0) is 23.3 Å². The van der Waals surface area contributed by atoms with Crippen molar-refractivity contribution >= 4 is 23.7 Å². The summed E-state index contributed by atoms with van der Waals surface area (Å²) in [5.74, 6) is 0. The highest BCUT2D eigenvalue weighted by atomic mass is 16.3. The molecule has 0 atom stereocenters. The van der Waals surface area contributed by atoms with Crippen molar-refractivity contribution in [1.82, 2.24) is 0 Å². The first-order valence-electron chi connectivity index (χ1n) is 11.2. The van der Waals surface area contributed by atoms with Gasteiger partial charge < -0.3 is 10.0 Å². The van der Waals surface area contributed by atoms with E-state index >= 15 is 0 Å². The quantitative estimate of drug-likeness (QED) is 0.539. The topological polar surface area (TPSA) is 35.8 Å². The predicted molar refractivity (Wildman–Crippen MR) is 137 cm³/mol. The van der Waals surface area contributed by atoms with Crippen LogP contribution in [0.1, 0.15) is 44.4 Å². The molecular formula is C29H32N2O. The Labute approximate surface area is 191 Å². The Bertz CT molecular complexity index is 1150. The van der Waals surface area contributed by atoms with E-state index < -0.39 is 0 Å². The second-order valence-corrected chi connectivity index (χ2v) is 9.42. The fourth-order valence-electron chi connectivity index (χ4n) is 4.64. The molecule has 0 radical (unpaired) electrons. The van der Waals surface area contributed by atoms with Crippen molar-refractivity contribution < 1.29 is 5.11 Å². The van der Waals surface area contributed by atoms with Gasteiger partial charge in [-0.2, -0.15) is 0 Å². The van der Waals surface area contributed by atoms with Crippen molar-refractivity contribution in [2.45, 2.75) is 38.5 Å². The Morgan fingerprint density at radius 1 is 0.875 bits per heavy atom. The van der Waals surface area contributed by atoms with Crippen molar-refractivity contribution in [2.24, 2.45) is 4.99 Å². The van der Waals surface area contributed by atoms with Gasteiger partial charge in [0.25, 0.3) is 0 Å². The number of hydrogen-bond donors (Lipinski definition) is 1. The Kier molecular flexibility index (Phi) is 6.03. The molecule has 4 rings (SSSR count). The molecule has 0 aliphatic carbocycles. The Hall–Kier alpha value is -3.17. The zero-order chi connectivity index (χ0) is 22.8. The van der Waals surface area contributed by atoms with E-state index in [-0.39, 0.29) is 17.4 Å². The van der Waals surface area contributed by atoms with Crippen LogP contribution >= 0.6 is 0 Å². The minimum Gasteiger partial charge on any atom is -0.395 e. The van der Waals surface area contributed by atoms with E-state index in [0.29, 0.717) is 6.54 Å². The normalized spacial score (nSPS) is 19.7. The molecule has 3 heteroatoms. The lowest BCUT2D eigenvalue weighted by molar-refractivity contribution is 0.304. The number of aliphatic hydroxyl groups excluding tert-OH is 1. The van der Waals surface area contributed by atoms with Gasteiger partial charge in [0.05, 0.1) is 12.3 Å². The highest BCUT2D eigenvalue weighted by molar-refractivity contribution is 5.88. The van der Waals surface area contributed by atoms with E-state index in [1.54, 1.807) is 0 Å². The molecule has 0 bridgehead atoms. The zero-order valence-electron chi connectivity index (χ0n) is 19.4. The maximum atomic E-state index is 9.58. The largest absolute Gasteiger partial charge is 0.395 e. The standard InChI is InChI=1S/C29H32N2O/c1-28(2)21-30-27-22(14-12-16-24(27)28)13-8-6-5-7-9-18-26-29(3,4)23-15-10-11-17-25(23)31(26)19-20-32/h5-18,21,32H,19-20H2,1-4H3/b6-5+,9-7+,13-8+,26-18-. The molecule has 164 valence electrons. The number of anilines is 1. The van der Waals surface area contributed by atoms with Crippen molar-refractivity contribution in [3.8, 4) is 0 Å². The van der Waals surface area contributed by atoms with Crippen LogP contribution in [0.25, 0.3) is 6.08 Å². The summed E-state index contributed by atoms with van der Waals surface area (Å²) >= 11 is 0. The minimum atomic E-state index is -0.0955. The lowest BCUT2D eigenvalue weighted by atomic mass is 9.84. The average molecular weight is 425 g/mol. The van der Waals surface area contributed by atoms with Crippen LogP contribution in [0.5, 0.6) is 0 Å². The maximum absolute atomic E-state index is 9.58. The fourth-order valence-corrected chi connectivity index (χ4v) is 4.64. The number of aliphatic hydroxyl groups is 1. The number of benzene rings is 2. The van der Waals surface area contributed by atoms with Crippen LogP contribution in [0.2, 0.25) is 0 Å². The summed E-state index contributed by atoms with van der Waals surface area (Å²) in [4.78, 5) is 6.86. The zero-order valence-corrected chi connectivity index (χ0v) is 19.4. The summed E-state index contributed by atoms with van der Waals surface area (Å²) in [6.45, 7) is 9.59. The molecule has 2 aromatic carbocycles. The SMILES string of the molecule is CC1(C)C=Nc2c(/C=C/C=C/C=C/C=C3\N(CCO)c4ccccc4C3(C)C)cccc21. The molecule has 2 aliphatic rings. The van der Waals surface area contributed by atoms with Crippen LogP contribution in [0.3, 0.4) is 0 Å². The number of para-hydroxylation sites is 2. The summed E-state index contributed by atoms with van der Waals surface area (Å²) in [6, 6.07) is 14.8. The van der Waals surface area contributed by atoms with E-state index in [9.17, 15) is 5.11 Å². The average Bonchev–Trinajstić information content (AvgIpc) is 3.20. The summed E-state index contributed by atoms with van der Waals surface area (Å²) in [6.07, 6.45) is 16.6. The van der Waals surface area contributed by atoms with Crippen LogP contribution in [-0.2, 0) is 10.8 Å². The van der Waals surface area contributed by atoms with E-state index in [4.69, 9.17) is 0 Å². The van der Waals surface area contributed by atoms with Crippen LogP contribution < -0.4 is 4.90 Å². The minimum absolute atomic E-state index is 0.00282. The first kappa shape index (κ1) is 22.0. The Balaban J connectivity index is 1.47. The van der Waals surface area contributed by atoms with Crippen LogP contribution in [0.4, 0.5) is 11.4 Å². The molecule has 3 nitrogen and oxygen atoms in total. The smallest absolute Gasteiger partial charge is 0.0739 e. The number of allylic oxidation sites excluding steroid dienone is 7. The maximum Gasteiger partial charge on any atom is 0.0739 e. The molecule has 0 spiro atoms. The van der Waals surface area contributed by atoms with Gasteiger partial charge in [0.15, 0.2) is 0 Å². The van der Waals surface area contributed by atoms with Crippen LogP contribution in [0, 0.1) is 0 Å². The number of aliphatic imine (C=N–C) groups is 1. The number of β-amino-alcohol motifs (C(OH)–C–C–N with tert-alkyl or cyclic N) is 1. The van der Waals surface area contributed by atoms with E-state index in [0.717, 1.165) is 11.3 Å². The molecule has 0 amide bonds. The molecule has 0 aromatic heterocycles. The highest BCUT2D eigenvalue weighted by Gasteiger charge is 2.39. The molecule has 0 unspecified atom stereocenters. The third-order valence-electron chi connectivity index (χ3n) is 6.38. The Morgan fingerprint density at radius 3 is 2.41 bits per heavy atom. The first-order valence-corrected chi connectivity index (χ1v) is 11.2. The van der Waals surface area contributed by atoms with Crippen LogP contribution in [-0.4, -0.2) is 24.5 Å². The molecule has 1 N–H and O–H groups in total. The molecule has 2 aromatic rings. The van der Waals surface area contributed by atoms with Crippen molar-refractivity contribution in [2.75, 3.05) is 18.1 Å². The molecule has 2 heterocycles. The highest BCUT2D eigenvalue weighted by Crippen LogP contribution is 2.47. The lowest BCUT2D eigenvalue weighted by Crippen LogP contribution is -2.28. The second kappa shape index (κ2) is 8.76. The number of fused-ring (bicyclic) bond motifs is 2. The van der Waals surface area contributed by atoms with Gasteiger partial charge in [-0.3, -0.25) is 4.99 Å². The first-order chi connectivity index (χ1) is 15.4. The predicted octanol–water partition coefficient (Wildman–Crippen LogP) is 6.48. The van der Waals surface area contributed by atoms with Gasteiger partial charge in [-0.25, -0.2) is 0 Å². The molecule has 32 heavy (non-hydrogen) atoms. The molecular weight excluding hydrogens is 392 g/mol. The summed E-state index contributed by atoms with van der Waals surface area (Å²) in [5.41, 5.74) is 7.10. The van der Waals surface area contributed by atoms with Gasteiger partial charge in [0, 0.05) is 40.5 Å². The molecule has 0 saturated heterocycles. The van der Waals surface area contributed by atoms with Gasteiger partial charge in [0.1, 0.15) is 0 Å². The van der Waals surface area contributed by atoms with Crippen LogP contribution in [0.15, 0.2) is 89.6 Å². The lowest BCUT2D eigenvalue weighted by Gasteiger charge is -2.26. The summed E-state index contributed by atoms with van der Waals surface area (Å²) in [5, 5.41) is 9.58. The Morgan fingerprint density at radius 2 is 1.59 bits per heavy atom.